The topological polar surface area (TPSA) is 71.1 Å². The second-order valence-electron chi connectivity index (χ2n) is 8.77. The van der Waals surface area contributed by atoms with E-state index in [1.165, 1.54) is 0 Å². The van der Waals surface area contributed by atoms with Gasteiger partial charge in [0.1, 0.15) is 18.3 Å². The normalized spacial score (nSPS) is 25.4. The van der Waals surface area contributed by atoms with Gasteiger partial charge in [-0.05, 0) is 37.4 Å². The lowest BCUT2D eigenvalue weighted by atomic mass is 10.1. The Labute approximate surface area is 161 Å². The van der Waals surface area contributed by atoms with Gasteiger partial charge in [-0.3, -0.25) is 4.18 Å². The maximum Gasteiger partial charge on any atom is 0.264 e. The smallest absolute Gasteiger partial charge is 0.264 e. The maximum atomic E-state index is 11.5. The van der Waals surface area contributed by atoms with Crippen molar-refractivity contribution >= 4 is 18.4 Å². The van der Waals surface area contributed by atoms with Crippen LogP contribution in [0.1, 0.15) is 62.3 Å². The van der Waals surface area contributed by atoms with Gasteiger partial charge in [-0.25, -0.2) is 0 Å². The van der Waals surface area contributed by atoms with Crippen LogP contribution in [0.15, 0.2) is 0 Å². The molecule has 1 heterocycles. The van der Waals surface area contributed by atoms with E-state index in [2.05, 4.69) is 41.5 Å². The molecular formula is C18H38O6SSi. The summed E-state index contributed by atoms with van der Waals surface area (Å²) < 4.78 is 46.8. The molecule has 0 unspecified atom stereocenters. The van der Waals surface area contributed by atoms with Crippen molar-refractivity contribution in [3.05, 3.63) is 0 Å². The summed E-state index contributed by atoms with van der Waals surface area (Å²) >= 11 is 0. The van der Waals surface area contributed by atoms with Crippen molar-refractivity contribution in [2.24, 2.45) is 0 Å². The number of hydrogen-bond donors (Lipinski definition) is 0. The molecule has 1 saturated heterocycles. The third kappa shape index (κ3) is 5.75. The van der Waals surface area contributed by atoms with Crippen molar-refractivity contribution in [2.75, 3.05) is 12.9 Å². The summed E-state index contributed by atoms with van der Waals surface area (Å²) in [5.41, 5.74) is 1.38. The summed E-state index contributed by atoms with van der Waals surface area (Å²) in [6.07, 6.45) is -0.471. The summed E-state index contributed by atoms with van der Waals surface area (Å²) in [5.74, 6) is -0.800. The Morgan fingerprint density at radius 2 is 1.42 bits per heavy atom. The molecule has 0 bridgehead atoms. The molecule has 1 rings (SSSR count). The summed E-state index contributed by atoms with van der Waals surface area (Å²) in [4.78, 5) is 0. The summed E-state index contributed by atoms with van der Waals surface area (Å²) in [6, 6.07) is 0. The molecule has 0 aromatic rings. The van der Waals surface area contributed by atoms with Crippen LogP contribution in [-0.4, -0.2) is 53.7 Å². The van der Waals surface area contributed by atoms with Crippen LogP contribution in [0.3, 0.4) is 0 Å². The first-order valence-corrected chi connectivity index (χ1v) is 13.5. The zero-order chi connectivity index (χ0) is 20.5. The Kier molecular flexibility index (Phi) is 7.93. The molecule has 26 heavy (non-hydrogen) atoms. The fourth-order valence-corrected chi connectivity index (χ4v) is 10.6. The van der Waals surface area contributed by atoms with Crippen LogP contribution in [-0.2, 0) is 28.2 Å². The van der Waals surface area contributed by atoms with E-state index < -0.39 is 36.4 Å². The molecule has 0 spiro atoms. The van der Waals surface area contributed by atoms with E-state index in [0.717, 1.165) is 6.26 Å². The van der Waals surface area contributed by atoms with Gasteiger partial charge in [-0.15, -0.1) is 0 Å². The predicted octanol–water partition coefficient (Wildman–Crippen LogP) is 4.06. The van der Waals surface area contributed by atoms with Gasteiger partial charge in [0, 0.05) is 0 Å². The standard InChI is InChI=1S/C18H38O6SSi/c1-12(2)26(13(3)4,14(5)6)21-11-16-17(23-18(8,9)22-16)15(7)24-25(10,19)20/h12-17H,11H2,1-10H3/t15-,16+,17-/m1/s1. The molecular weight excluding hydrogens is 372 g/mol. The van der Waals surface area contributed by atoms with Crippen LogP contribution >= 0.6 is 0 Å². The highest BCUT2D eigenvalue weighted by molar-refractivity contribution is 7.86. The van der Waals surface area contributed by atoms with Gasteiger partial charge in [0.15, 0.2) is 14.1 Å². The fraction of sp³-hybridized carbons (Fsp3) is 1.00. The Bertz CT molecular complexity index is 536. The van der Waals surface area contributed by atoms with Gasteiger partial charge >= 0.3 is 0 Å². The lowest BCUT2D eigenvalue weighted by Gasteiger charge is -2.43. The predicted molar refractivity (Wildman–Crippen MR) is 106 cm³/mol. The van der Waals surface area contributed by atoms with Crippen molar-refractivity contribution in [1.29, 1.82) is 0 Å². The van der Waals surface area contributed by atoms with Crippen LogP contribution in [0.5, 0.6) is 0 Å². The lowest BCUT2D eigenvalue weighted by molar-refractivity contribution is -0.154. The first-order chi connectivity index (χ1) is 11.6. The van der Waals surface area contributed by atoms with Gasteiger partial charge in [0.05, 0.1) is 12.9 Å². The molecule has 0 radical (unpaired) electrons. The van der Waals surface area contributed by atoms with E-state index >= 15 is 0 Å². The molecule has 0 aromatic carbocycles. The highest BCUT2D eigenvalue weighted by Gasteiger charge is 2.49. The molecule has 0 aliphatic carbocycles. The minimum Gasteiger partial charge on any atom is -0.413 e. The van der Waals surface area contributed by atoms with Crippen LogP contribution in [0.25, 0.3) is 0 Å². The van der Waals surface area contributed by atoms with Gasteiger partial charge in [-0.2, -0.15) is 8.42 Å². The van der Waals surface area contributed by atoms with E-state index in [-0.39, 0.29) is 6.10 Å². The molecule has 0 saturated carbocycles. The van der Waals surface area contributed by atoms with Crippen molar-refractivity contribution in [1.82, 2.24) is 0 Å². The van der Waals surface area contributed by atoms with Gasteiger partial charge in [-0.1, -0.05) is 41.5 Å². The fourth-order valence-electron chi connectivity index (χ4n) is 4.45. The first-order valence-electron chi connectivity index (χ1n) is 9.50. The van der Waals surface area contributed by atoms with Crippen molar-refractivity contribution in [3.8, 4) is 0 Å². The average molecular weight is 411 g/mol. The van der Waals surface area contributed by atoms with Gasteiger partial charge < -0.3 is 13.9 Å². The molecule has 0 N–H and O–H groups in total. The summed E-state index contributed by atoms with van der Waals surface area (Å²) in [7, 11) is -5.62. The van der Waals surface area contributed by atoms with Crippen molar-refractivity contribution in [3.63, 3.8) is 0 Å². The number of hydrogen-bond acceptors (Lipinski definition) is 6. The zero-order valence-electron chi connectivity index (χ0n) is 18.0. The van der Waals surface area contributed by atoms with E-state index in [9.17, 15) is 8.42 Å². The maximum absolute atomic E-state index is 11.5. The highest BCUT2D eigenvalue weighted by atomic mass is 32.2. The van der Waals surface area contributed by atoms with E-state index in [0.29, 0.717) is 23.2 Å². The molecule has 1 fully saturated rings. The van der Waals surface area contributed by atoms with Crippen LogP contribution < -0.4 is 0 Å². The third-order valence-corrected chi connectivity index (χ3v) is 11.9. The second-order valence-corrected chi connectivity index (χ2v) is 15.8. The van der Waals surface area contributed by atoms with Crippen molar-refractivity contribution < 1.29 is 26.5 Å². The Hall–Kier alpha value is 0.00688. The van der Waals surface area contributed by atoms with E-state index in [4.69, 9.17) is 18.1 Å². The molecule has 0 aromatic heterocycles. The minimum atomic E-state index is -3.57. The second kappa shape index (κ2) is 8.57. The Balaban J connectivity index is 3.00. The summed E-state index contributed by atoms with van der Waals surface area (Å²) in [6.45, 7) is 19.1. The largest absolute Gasteiger partial charge is 0.413 e. The van der Waals surface area contributed by atoms with Crippen LogP contribution in [0, 0.1) is 0 Å². The Morgan fingerprint density at radius 1 is 0.962 bits per heavy atom. The highest BCUT2D eigenvalue weighted by Crippen LogP contribution is 2.43. The molecule has 1 aliphatic rings. The quantitative estimate of drug-likeness (QED) is 0.422. The van der Waals surface area contributed by atoms with E-state index in [1.54, 1.807) is 6.92 Å². The van der Waals surface area contributed by atoms with Crippen LogP contribution in [0.2, 0.25) is 16.6 Å². The molecule has 1 aliphatic heterocycles. The third-order valence-electron chi connectivity index (χ3n) is 5.22. The monoisotopic (exact) mass is 410 g/mol. The summed E-state index contributed by atoms with van der Waals surface area (Å²) in [5, 5.41) is 0. The first kappa shape index (κ1) is 24.0. The van der Waals surface area contributed by atoms with Gasteiger partial charge in [0.25, 0.3) is 10.1 Å². The minimum absolute atomic E-state index is 0.370. The number of rotatable bonds is 9. The molecule has 6 nitrogen and oxygen atoms in total. The van der Waals surface area contributed by atoms with Crippen LogP contribution in [0.4, 0.5) is 0 Å². The van der Waals surface area contributed by atoms with Gasteiger partial charge in [0.2, 0.25) is 0 Å². The zero-order valence-corrected chi connectivity index (χ0v) is 19.8. The lowest BCUT2D eigenvalue weighted by Crippen LogP contribution is -2.50. The molecule has 0 amide bonds. The average Bonchev–Trinajstić information content (AvgIpc) is 2.71. The SMILES string of the molecule is CC(C)[Si](OC[C@@H]1OC(C)(C)O[C@@H]1[C@@H](C)OS(C)(=O)=O)(C(C)C)C(C)C. The van der Waals surface area contributed by atoms with Crippen molar-refractivity contribution in [2.45, 2.75) is 103 Å². The number of ether oxygens (including phenoxy) is 2. The Morgan fingerprint density at radius 3 is 1.81 bits per heavy atom. The van der Waals surface area contributed by atoms with E-state index in [1.807, 2.05) is 13.8 Å². The molecule has 8 heteroatoms. The molecule has 3 atom stereocenters. The molecule has 156 valence electrons.